The molecule has 1 aliphatic heterocycles. The van der Waals surface area contributed by atoms with Crippen LogP contribution in [0.3, 0.4) is 0 Å². The van der Waals surface area contributed by atoms with Crippen molar-refractivity contribution in [2.24, 2.45) is 5.92 Å². The highest BCUT2D eigenvalue weighted by molar-refractivity contribution is 7.86. The SMILES string of the molecule is COC(=O)c1ccc(F)c(N2CC(CS(=O)(=O)F)CC2=O)c1. The molecule has 0 aromatic heterocycles. The third kappa shape index (κ3) is 3.59. The Labute approximate surface area is 125 Å². The highest BCUT2D eigenvalue weighted by Crippen LogP contribution is 2.29. The standard InChI is InChI=1S/C13H13F2NO5S/c1-21-13(18)9-2-3-10(14)11(5-9)16-6-8(4-12(16)17)7-22(15,19)20/h2-3,5,8H,4,6-7H2,1H3. The van der Waals surface area contributed by atoms with E-state index in [1.54, 1.807) is 0 Å². The van der Waals surface area contributed by atoms with E-state index < -0.39 is 39.6 Å². The molecule has 22 heavy (non-hydrogen) atoms. The first-order valence-electron chi connectivity index (χ1n) is 6.32. The molecular formula is C13H13F2NO5S. The fraction of sp³-hybridized carbons (Fsp3) is 0.385. The third-order valence-corrected chi connectivity index (χ3v) is 4.17. The fourth-order valence-electron chi connectivity index (χ4n) is 2.37. The van der Waals surface area contributed by atoms with E-state index in [4.69, 9.17) is 0 Å². The summed E-state index contributed by atoms with van der Waals surface area (Å²) >= 11 is 0. The van der Waals surface area contributed by atoms with Gasteiger partial charge in [-0.2, -0.15) is 8.42 Å². The van der Waals surface area contributed by atoms with Crippen molar-refractivity contribution in [1.29, 1.82) is 0 Å². The van der Waals surface area contributed by atoms with Gasteiger partial charge in [-0.3, -0.25) is 4.79 Å². The summed E-state index contributed by atoms with van der Waals surface area (Å²) in [4.78, 5) is 24.4. The van der Waals surface area contributed by atoms with Crippen LogP contribution < -0.4 is 4.90 Å². The molecule has 1 aliphatic rings. The van der Waals surface area contributed by atoms with Crippen molar-refractivity contribution in [3.05, 3.63) is 29.6 Å². The normalized spacial score (nSPS) is 18.6. The Morgan fingerprint density at radius 2 is 2.14 bits per heavy atom. The van der Waals surface area contributed by atoms with Gasteiger partial charge in [-0.15, -0.1) is 3.89 Å². The van der Waals surface area contributed by atoms with Crippen LogP contribution in [-0.2, 0) is 19.8 Å². The molecule has 9 heteroatoms. The highest BCUT2D eigenvalue weighted by Gasteiger charge is 2.35. The van der Waals surface area contributed by atoms with Crippen LogP contribution in [0.2, 0.25) is 0 Å². The number of nitrogens with zero attached hydrogens (tertiary/aromatic N) is 1. The molecule has 1 fully saturated rings. The van der Waals surface area contributed by atoms with Crippen LogP contribution in [-0.4, -0.2) is 39.7 Å². The lowest BCUT2D eigenvalue weighted by molar-refractivity contribution is -0.117. The first kappa shape index (κ1) is 16.3. The molecule has 6 nitrogen and oxygen atoms in total. The van der Waals surface area contributed by atoms with E-state index in [9.17, 15) is 26.3 Å². The Hall–Kier alpha value is -2.03. The van der Waals surface area contributed by atoms with E-state index in [-0.39, 0.29) is 24.2 Å². The first-order chi connectivity index (χ1) is 10.2. The molecule has 0 bridgehead atoms. The number of methoxy groups -OCH3 is 1. The predicted molar refractivity (Wildman–Crippen MR) is 73.1 cm³/mol. The number of carbonyl (C=O) groups is 2. The number of carbonyl (C=O) groups excluding carboxylic acids is 2. The van der Waals surface area contributed by atoms with E-state index in [0.29, 0.717) is 0 Å². The van der Waals surface area contributed by atoms with Crippen LogP contribution >= 0.6 is 0 Å². The van der Waals surface area contributed by atoms with Gasteiger partial charge in [-0.1, -0.05) is 0 Å². The van der Waals surface area contributed by atoms with Gasteiger partial charge >= 0.3 is 16.2 Å². The minimum Gasteiger partial charge on any atom is -0.465 e. The number of rotatable bonds is 4. The Morgan fingerprint density at radius 1 is 1.45 bits per heavy atom. The van der Waals surface area contributed by atoms with E-state index in [0.717, 1.165) is 24.1 Å². The molecule has 0 spiro atoms. The van der Waals surface area contributed by atoms with Gasteiger partial charge in [-0.25, -0.2) is 9.18 Å². The van der Waals surface area contributed by atoms with Gasteiger partial charge in [-0.05, 0) is 18.2 Å². The zero-order valence-corrected chi connectivity index (χ0v) is 12.4. The second-order valence-electron chi connectivity index (χ2n) is 4.94. The number of benzene rings is 1. The molecular weight excluding hydrogens is 320 g/mol. The van der Waals surface area contributed by atoms with Crippen molar-refractivity contribution in [2.45, 2.75) is 6.42 Å². The summed E-state index contributed by atoms with van der Waals surface area (Å²) in [5.74, 6) is -3.54. The van der Waals surface area contributed by atoms with Crippen LogP contribution in [0.5, 0.6) is 0 Å². The lowest BCUT2D eigenvalue weighted by Crippen LogP contribution is -2.26. The fourth-order valence-corrected chi connectivity index (χ4v) is 3.16. The zero-order chi connectivity index (χ0) is 16.5. The summed E-state index contributed by atoms with van der Waals surface area (Å²) in [5.41, 5.74) is -0.111. The molecule has 1 heterocycles. The molecule has 2 rings (SSSR count). The average molecular weight is 333 g/mol. The summed E-state index contributed by atoms with van der Waals surface area (Å²) in [6, 6.07) is 3.36. The van der Waals surface area contributed by atoms with Gasteiger partial charge in [0, 0.05) is 18.9 Å². The van der Waals surface area contributed by atoms with Gasteiger partial charge in [0.05, 0.1) is 24.1 Å². The lowest BCUT2D eigenvalue weighted by atomic mass is 10.1. The van der Waals surface area contributed by atoms with E-state index in [1.165, 1.54) is 6.07 Å². The Morgan fingerprint density at radius 3 is 2.73 bits per heavy atom. The number of amides is 1. The van der Waals surface area contributed by atoms with Crippen molar-refractivity contribution >= 4 is 27.8 Å². The minimum atomic E-state index is -4.72. The van der Waals surface area contributed by atoms with Gasteiger partial charge in [0.25, 0.3) is 0 Å². The van der Waals surface area contributed by atoms with Crippen LogP contribution in [0.4, 0.5) is 14.0 Å². The first-order valence-corrected chi connectivity index (χ1v) is 7.87. The molecule has 1 aromatic rings. The van der Waals surface area contributed by atoms with Crippen molar-refractivity contribution in [3.63, 3.8) is 0 Å². The largest absolute Gasteiger partial charge is 0.465 e. The molecule has 0 aliphatic carbocycles. The quantitative estimate of drug-likeness (QED) is 0.612. The van der Waals surface area contributed by atoms with Crippen molar-refractivity contribution in [1.82, 2.24) is 0 Å². The molecule has 120 valence electrons. The second-order valence-corrected chi connectivity index (χ2v) is 6.35. The maximum atomic E-state index is 13.9. The van der Waals surface area contributed by atoms with Crippen molar-refractivity contribution in [3.8, 4) is 0 Å². The van der Waals surface area contributed by atoms with Crippen molar-refractivity contribution in [2.75, 3.05) is 24.3 Å². The summed E-state index contributed by atoms with van der Waals surface area (Å²) in [6.45, 7) is -0.135. The highest BCUT2D eigenvalue weighted by atomic mass is 32.3. The Balaban J connectivity index is 2.28. The lowest BCUT2D eigenvalue weighted by Gasteiger charge is -2.18. The molecule has 0 N–H and O–H groups in total. The number of ether oxygens (including phenoxy) is 1. The molecule has 0 radical (unpaired) electrons. The second kappa shape index (κ2) is 5.99. The molecule has 1 atom stereocenters. The smallest absolute Gasteiger partial charge is 0.337 e. The third-order valence-electron chi connectivity index (χ3n) is 3.30. The topological polar surface area (TPSA) is 80.8 Å². The summed E-state index contributed by atoms with van der Waals surface area (Å²) in [7, 11) is -3.56. The number of anilines is 1. The summed E-state index contributed by atoms with van der Waals surface area (Å²) in [6.07, 6.45) is -0.203. The molecule has 0 saturated carbocycles. The summed E-state index contributed by atoms with van der Waals surface area (Å²) in [5, 5.41) is 0. The number of hydrogen-bond acceptors (Lipinski definition) is 5. The van der Waals surface area contributed by atoms with Crippen LogP contribution in [0.1, 0.15) is 16.8 Å². The number of halogens is 2. The molecule has 1 saturated heterocycles. The van der Waals surface area contributed by atoms with E-state index in [2.05, 4.69) is 4.74 Å². The van der Waals surface area contributed by atoms with Crippen molar-refractivity contribution < 1.29 is 31.0 Å². The average Bonchev–Trinajstić information content (AvgIpc) is 2.76. The summed E-state index contributed by atoms with van der Waals surface area (Å²) < 4.78 is 52.4. The van der Waals surface area contributed by atoms with Crippen LogP contribution in [0, 0.1) is 11.7 Å². The van der Waals surface area contributed by atoms with Gasteiger partial charge in [0.1, 0.15) is 5.82 Å². The molecule has 1 unspecified atom stereocenters. The van der Waals surface area contributed by atoms with E-state index in [1.807, 2.05) is 0 Å². The molecule has 1 aromatic carbocycles. The number of esters is 1. The van der Waals surface area contributed by atoms with Gasteiger partial charge < -0.3 is 9.64 Å². The maximum Gasteiger partial charge on any atom is 0.337 e. The van der Waals surface area contributed by atoms with Crippen LogP contribution in [0.25, 0.3) is 0 Å². The maximum absolute atomic E-state index is 13.9. The number of hydrogen-bond donors (Lipinski definition) is 0. The predicted octanol–water partition coefficient (Wildman–Crippen LogP) is 1.26. The molecule has 1 amide bonds. The Kier molecular flexibility index (Phi) is 4.45. The van der Waals surface area contributed by atoms with Gasteiger partial charge in [0.2, 0.25) is 5.91 Å². The zero-order valence-electron chi connectivity index (χ0n) is 11.6. The van der Waals surface area contributed by atoms with Gasteiger partial charge in [0.15, 0.2) is 0 Å². The monoisotopic (exact) mass is 333 g/mol. The minimum absolute atomic E-state index is 0.0493. The van der Waals surface area contributed by atoms with Crippen LogP contribution in [0.15, 0.2) is 18.2 Å². The van der Waals surface area contributed by atoms with E-state index >= 15 is 0 Å². The Bertz CT molecular complexity index is 719.